The number of urea groups is 1. The van der Waals surface area contributed by atoms with E-state index in [0.29, 0.717) is 5.92 Å². The van der Waals surface area contributed by atoms with Crippen LogP contribution in [0.2, 0.25) is 0 Å². The summed E-state index contributed by atoms with van der Waals surface area (Å²) in [4.78, 5) is 13.2. The number of carbonyl (C=O) groups excluding carboxylic acids is 1. The highest BCUT2D eigenvalue weighted by Crippen LogP contribution is 2.35. The molecular weight excluding hydrogens is 212 g/mol. The lowest BCUT2D eigenvalue weighted by Gasteiger charge is -2.39. The summed E-state index contributed by atoms with van der Waals surface area (Å²) in [5.74, 6) is 0.451. The van der Waals surface area contributed by atoms with Gasteiger partial charge in [0.25, 0.3) is 0 Å². The van der Waals surface area contributed by atoms with Crippen LogP contribution in [0, 0.1) is 5.92 Å². The molecule has 1 saturated heterocycles. The summed E-state index contributed by atoms with van der Waals surface area (Å²) in [7, 11) is 0. The maximum absolute atomic E-state index is 11.6. The van der Waals surface area contributed by atoms with Crippen molar-refractivity contribution in [3.05, 3.63) is 36.1 Å². The van der Waals surface area contributed by atoms with Gasteiger partial charge in [-0.3, -0.25) is 4.90 Å². The third-order valence-corrected chi connectivity index (χ3v) is 3.16. The van der Waals surface area contributed by atoms with Crippen molar-refractivity contribution in [1.82, 2.24) is 4.90 Å². The van der Waals surface area contributed by atoms with E-state index in [-0.39, 0.29) is 12.1 Å². The standard InChI is InChI=1S/C14H22N2O/c1-5-7-12-10(3)9-11(4)16(14(15)17)13(12)8-6-2/h6-8,10-11H,2,5,9H2,1,3-4H3,(H2,15,17)/b12-7-,13-8+/t10-,11+/m0/s1. The molecule has 1 aliphatic heterocycles. The SMILES string of the molecule is C=C/C=C1\C(=C/CC)[C@@H](C)C[C@@H](C)N1C(N)=O. The summed E-state index contributed by atoms with van der Waals surface area (Å²) in [5.41, 5.74) is 7.57. The van der Waals surface area contributed by atoms with Crippen LogP contribution in [0.25, 0.3) is 0 Å². The molecule has 0 aromatic carbocycles. The second kappa shape index (κ2) is 5.71. The highest BCUT2D eigenvalue weighted by molar-refractivity contribution is 5.76. The van der Waals surface area contributed by atoms with E-state index < -0.39 is 0 Å². The summed E-state index contributed by atoms with van der Waals surface area (Å²) in [6, 6.07) is -0.248. The molecule has 0 aliphatic carbocycles. The van der Waals surface area contributed by atoms with E-state index in [9.17, 15) is 4.79 Å². The summed E-state index contributed by atoms with van der Waals surface area (Å²) in [5, 5.41) is 0. The van der Waals surface area contributed by atoms with E-state index in [1.165, 1.54) is 5.57 Å². The first kappa shape index (κ1) is 13.6. The molecule has 1 aliphatic rings. The molecule has 0 bridgehead atoms. The first-order valence-corrected chi connectivity index (χ1v) is 6.14. The average molecular weight is 234 g/mol. The van der Waals surface area contributed by atoms with Crippen LogP contribution in [-0.2, 0) is 0 Å². The number of carbonyl (C=O) groups is 1. The molecule has 2 amide bonds. The Kier molecular flexibility index (Phi) is 4.55. The zero-order chi connectivity index (χ0) is 13.0. The van der Waals surface area contributed by atoms with Crippen LogP contribution in [0.3, 0.4) is 0 Å². The molecule has 0 aromatic heterocycles. The largest absolute Gasteiger partial charge is 0.351 e. The third-order valence-electron chi connectivity index (χ3n) is 3.16. The minimum Gasteiger partial charge on any atom is -0.351 e. The minimum absolute atomic E-state index is 0.141. The van der Waals surface area contributed by atoms with E-state index in [1.54, 1.807) is 11.0 Å². The fraction of sp³-hybridized carbons (Fsp3) is 0.500. The number of nitrogens with zero attached hydrogens (tertiary/aromatic N) is 1. The number of hydrogen-bond acceptors (Lipinski definition) is 1. The van der Waals surface area contributed by atoms with Gasteiger partial charge in [0.05, 0.1) is 0 Å². The molecule has 2 atom stereocenters. The number of likely N-dealkylation sites (tertiary alicyclic amines) is 1. The second-order valence-corrected chi connectivity index (χ2v) is 4.55. The van der Waals surface area contributed by atoms with Crippen LogP contribution in [0.1, 0.15) is 33.6 Å². The number of rotatable bonds is 2. The number of allylic oxidation sites excluding steroid dienone is 4. The molecule has 1 heterocycles. The Morgan fingerprint density at radius 2 is 2.24 bits per heavy atom. The van der Waals surface area contributed by atoms with Crippen molar-refractivity contribution in [2.45, 2.75) is 39.7 Å². The number of hydrogen-bond donors (Lipinski definition) is 1. The monoisotopic (exact) mass is 234 g/mol. The zero-order valence-electron chi connectivity index (χ0n) is 10.9. The number of nitrogens with two attached hydrogens (primary N) is 1. The molecule has 3 heteroatoms. The fourth-order valence-corrected chi connectivity index (χ4v) is 2.52. The van der Waals surface area contributed by atoms with E-state index >= 15 is 0 Å². The van der Waals surface area contributed by atoms with E-state index in [0.717, 1.165) is 18.5 Å². The van der Waals surface area contributed by atoms with Crippen molar-refractivity contribution < 1.29 is 4.79 Å². The number of piperidine rings is 1. The Morgan fingerprint density at radius 3 is 2.71 bits per heavy atom. The van der Waals surface area contributed by atoms with Gasteiger partial charge in [-0.15, -0.1) is 0 Å². The highest BCUT2D eigenvalue weighted by Gasteiger charge is 2.32. The van der Waals surface area contributed by atoms with Gasteiger partial charge in [0.2, 0.25) is 0 Å². The molecule has 0 unspecified atom stereocenters. The Balaban J connectivity index is 3.22. The maximum atomic E-state index is 11.6. The van der Waals surface area contributed by atoms with Crippen molar-refractivity contribution in [2.75, 3.05) is 0 Å². The summed E-state index contributed by atoms with van der Waals surface area (Å²) in [6.07, 6.45) is 7.65. The molecule has 0 aromatic rings. The van der Waals surface area contributed by atoms with Gasteiger partial charge in [0.1, 0.15) is 0 Å². The van der Waals surface area contributed by atoms with Gasteiger partial charge in [0, 0.05) is 11.7 Å². The molecular formula is C14H22N2O. The van der Waals surface area contributed by atoms with Crippen LogP contribution in [0.15, 0.2) is 36.1 Å². The molecule has 3 nitrogen and oxygen atoms in total. The van der Waals surface area contributed by atoms with Gasteiger partial charge in [-0.2, -0.15) is 0 Å². The molecule has 1 fully saturated rings. The Labute approximate surface area is 104 Å². The Bertz CT molecular complexity index is 368. The third kappa shape index (κ3) is 2.78. The van der Waals surface area contributed by atoms with Crippen LogP contribution in [0.5, 0.6) is 0 Å². The Morgan fingerprint density at radius 1 is 1.59 bits per heavy atom. The second-order valence-electron chi connectivity index (χ2n) is 4.55. The fourth-order valence-electron chi connectivity index (χ4n) is 2.52. The minimum atomic E-state index is -0.389. The Hall–Kier alpha value is -1.51. The average Bonchev–Trinajstić information content (AvgIpc) is 2.23. The molecule has 94 valence electrons. The lowest BCUT2D eigenvalue weighted by molar-refractivity contribution is 0.191. The van der Waals surface area contributed by atoms with Crippen molar-refractivity contribution in [3.8, 4) is 0 Å². The van der Waals surface area contributed by atoms with Crippen LogP contribution < -0.4 is 5.73 Å². The van der Waals surface area contributed by atoms with Gasteiger partial charge in [-0.05, 0) is 37.3 Å². The molecule has 0 saturated carbocycles. The van der Waals surface area contributed by atoms with Crippen molar-refractivity contribution in [3.63, 3.8) is 0 Å². The molecule has 0 spiro atoms. The predicted molar refractivity (Wildman–Crippen MR) is 71.3 cm³/mol. The lowest BCUT2D eigenvalue weighted by Crippen LogP contribution is -2.46. The summed E-state index contributed by atoms with van der Waals surface area (Å²) >= 11 is 0. The van der Waals surface area contributed by atoms with E-state index in [1.807, 2.05) is 13.0 Å². The first-order chi connectivity index (χ1) is 8.02. The quantitative estimate of drug-likeness (QED) is 0.783. The molecule has 17 heavy (non-hydrogen) atoms. The lowest BCUT2D eigenvalue weighted by atomic mass is 9.85. The number of primary amides is 1. The van der Waals surface area contributed by atoms with Crippen molar-refractivity contribution in [1.29, 1.82) is 0 Å². The first-order valence-electron chi connectivity index (χ1n) is 6.14. The van der Waals surface area contributed by atoms with Crippen LogP contribution in [-0.4, -0.2) is 17.0 Å². The summed E-state index contributed by atoms with van der Waals surface area (Å²) in [6.45, 7) is 10.0. The summed E-state index contributed by atoms with van der Waals surface area (Å²) < 4.78 is 0. The van der Waals surface area contributed by atoms with Gasteiger partial charge in [-0.1, -0.05) is 32.6 Å². The molecule has 2 N–H and O–H groups in total. The maximum Gasteiger partial charge on any atom is 0.319 e. The molecule has 1 rings (SSSR count). The van der Waals surface area contributed by atoms with E-state index in [2.05, 4.69) is 26.5 Å². The van der Waals surface area contributed by atoms with Crippen LogP contribution in [0.4, 0.5) is 4.79 Å². The van der Waals surface area contributed by atoms with Gasteiger partial charge in [-0.25, -0.2) is 4.79 Å². The predicted octanol–water partition coefficient (Wildman–Crippen LogP) is 3.20. The zero-order valence-corrected chi connectivity index (χ0v) is 10.9. The van der Waals surface area contributed by atoms with Gasteiger partial charge < -0.3 is 5.73 Å². The van der Waals surface area contributed by atoms with E-state index in [4.69, 9.17) is 5.73 Å². The normalized spacial score (nSPS) is 29.7. The van der Waals surface area contributed by atoms with Crippen molar-refractivity contribution in [2.24, 2.45) is 11.7 Å². The van der Waals surface area contributed by atoms with Crippen LogP contribution >= 0.6 is 0 Å². The topological polar surface area (TPSA) is 46.3 Å². The van der Waals surface area contributed by atoms with Crippen molar-refractivity contribution >= 4 is 6.03 Å². The molecule has 0 radical (unpaired) electrons. The van der Waals surface area contributed by atoms with Gasteiger partial charge >= 0.3 is 6.03 Å². The van der Waals surface area contributed by atoms with Gasteiger partial charge in [0.15, 0.2) is 0 Å². The smallest absolute Gasteiger partial charge is 0.319 e. The highest BCUT2D eigenvalue weighted by atomic mass is 16.2. The number of amides is 2.